The first-order chi connectivity index (χ1) is 14.9. The van der Waals surface area contributed by atoms with Crippen molar-refractivity contribution in [1.82, 2.24) is 9.88 Å². The zero-order chi connectivity index (χ0) is 21.6. The summed E-state index contributed by atoms with van der Waals surface area (Å²) in [6.07, 6.45) is 5.75. The number of nitrogens with two attached hydrogens (primary N) is 1. The summed E-state index contributed by atoms with van der Waals surface area (Å²) in [6.45, 7) is 2.59. The quantitative estimate of drug-likeness (QED) is 0.446. The average molecular weight is 460 g/mol. The molecule has 7 nitrogen and oxygen atoms in total. The number of aromatic nitrogens is 1. The van der Waals surface area contributed by atoms with E-state index in [0.29, 0.717) is 11.1 Å². The van der Waals surface area contributed by atoms with Crippen LogP contribution in [0, 0.1) is 0 Å². The Balaban J connectivity index is 1.32. The number of hydrogen-bond donors (Lipinski definition) is 1. The van der Waals surface area contributed by atoms with E-state index in [1.54, 1.807) is 6.07 Å². The molecular formula is C22H22ClN3O4S. The van der Waals surface area contributed by atoms with Gasteiger partial charge in [-0.1, -0.05) is 29.8 Å². The molecule has 1 aliphatic rings. The Labute approximate surface area is 184 Å². The zero-order valence-electron chi connectivity index (χ0n) is 16.8. The molecule has 31 heavy (non-hydrogen) atoms. The number of primary sulfonamides is 1. The van der Waals surface area contributed by atoms with Crippen molar-refractivity contribution in [2.24, 2.45) is 5.14 Å². The Morgan fingerprint density at radius 1 is 1.16 bits per heavy atom. The fourth-order valence-corrected chi connectivity index (χ4v) is 5.63. The Morgan fingerprint density at radius 3 is 2.71 bits per heavy atom. The normalized spacial score (nSPS) is 16.5. The van der Waals surface area contributed by atoms with Gasteiger partial charge < -0.3 is 13.7 Å². The van der Waals surface area contributed by atoms with E-state index in [2.05, 4.69) is 16.0 Å². The van der Waals surface area contributed by atoms with E-state index in [-0.39, 0.29) is 21.5 Å². The van der Waals surface area contributed by atoms with Gasteiger partial charge in [-0.05, 0) is 50.0 Å². The molecule has 4 heterocycles. The van der Waals surface area contributed by atoms with Gasteiger partial charge in [-0.15, -0.1) is 0 Å². The first-order valence-corrected chi connectivity index (χ1v) is 12.1. The molecule has 2 N–H and O–H groups in total. The molecule has 0 bridgehead atoms. The van der Waals surface area contributed by atoms with Crippen molar-refractivity contribution in [2.75, 3.05) is 19.6 Å². The van der Waals surface area contributed by atoms with Gasteiger partial charge in [-0.25, -0.2) is 18.5 Å². The molecule has 1 fully saturated rings. The van der Waals surface area contributed by atoms with Crippen LogP contribution in [0.15, 0.2) is 56.5 Å². The highest BCUT2D eigenvalue weighted by molar-refractivity contribution is 7.89. The molecule has 4 aromatic rings. The van der Waals surface area contributed by atoms with Crippen molar-refractivity contribution in [1.29, 1.82) is 0 Å². The van der Waals surface area contributed by atoms with E-state index in [4.69, 9.17) is 25.6 Å². The molecule has 162 valence electrons. The van der Waals surface area contributed by atoms with Crippen molar-refractivity contribution >= 4 is 43.6 Å². The van der Waals surface area contributed by atoms with Gasteiger partial charge in [0.2, 0.25) is 10.0 Å². The first kappa shape index (κ1) is 20.5. The molecule has 3 aromatic heterocycles. The van der Waals surface area contributed by atoms with Gasteiger partial charge in [0.25, 0.3) is 0 Å². The second kappa shape index (κ2) is 7.94. The van der Waals surface area contributed by atoms with E-state index >= 15 is 0 Å². The van der Waals surface area contributed by atoms with Gasteiger partial charge in [-0.3, -0.25) is 0 Å². The number of benzene rings is 1. The molecule has 0 aliphatic carbocycles. The number of furan rings is 2. The predicted molar refractivity (Wildman–Crippen MR) is 119 cm³/mol. The minimum absolute atomic E-state index is 0.0371. The van der Waals surface area contributed by atoms with Crippen molar-refractivity contribution in [3.8, 4) is 0 Å². The standard InChI is InChI=1S/C22H22ClN3O4S/c23-22-20-17(5-9-25-22)21(31(24,27)28)19(30-20)14-6-10-26(11-7-14)12-8-15-13-29-18-4-2-1-3-16(15)18/h1-5,9,13-14H,6-8,10-12H2,(H2,24,27,28). The fraction of sp³-hybridized carbons (Fsp3) is 0.318. The van der Waals surface area contributed by atoms with Crippen molar-refractivity contribution in [3.05, 3.63) is 59.3 Å². The summed E-state index contributed by atoms with van der Waals surface area (Å²) in [7, 11) is -3.96. The third-order valence-corrected chi connectivity index (χ3v) is 7.30. The number of likely N-dealkylation sites (tertiary alicyclic amines) is 1. The summed E-state index contributed by atoms with van der Waals surface area (Å²) in [6, 6.07) is 9.63. The van der Waals surface area contributed by atoms with Crippen LogP contribution in [0.2, 0.25) is 5.15 Å². The van der Waals surface area contributed by atoms with Crippen LogP contribution in [-0.2, 0) is 16.4 Å². The highest BCUT2D eigenvalue weighted by Crippen LogP contribution is 2.40. The van der Waals surface area contributed by atoms with E-state index in [0.717, 1.165) is 49.9 Å². The van der Waals surface area contributed by atoms with Crippen LogP contribution in [0.3, 0.4) is 0 Å². The Morgan fingerprint density at radius 2 is 1.94 bits per heavy atom. The van der Waals surface area contributed by atoms with Crippen molar-refractivity contribution in [2.45, 2.75) is 30.1 Å². The molecule has 0 atom stereocenters. The van der Waals surface area contributed by atoms with Crippen molar-refractivity contribution in [3.63, 3.8) is 0 Å². The highest BCUT2D eigenvalue weighted by atomic mass is 35.5. The lowest BCUT2D eigenvalue weighted by atomic mass is 9.94. The molecule has 9 heteroatoms. The second-order valence-electron chi connectivity index (χ2n) is 7.94. The predicted octanol–water partition coefficient (Wildman–Crippen LogP) is 4.30. The summed E-state index contributed by atoms with van der Waals surface area (Å²) >= 11 is 6.13. The molecule has 0 amide bonds. The maximum absolute atomic E-state index is 12.3. The van der Waals surface area contributed by atoms with Gasteiger partial charge in [0.05, 0.1) is 6.26 Å². The summed E-state index contributed by atoms with van der Waals surface area (Å²) < 4.78 is 36.2. The number of rotatable bonds is 5. The third kappa shape index (κ3) is 3.85. The number of piperidine rings is 1. The Kier molecular flexibility index (Phi) is 5.26. The second-order valence-corrected chi connectivity index (χ2v) is 9.80. The smallest absolute Gasteiger partial charge is 0.242 e. The van der Waals surface area contributed by atoms with Crippen LogP contribution < -0.4 is 5.14 Å². The maximum atomic E-state index is 12.3. The number of sulfonamides is 1. The van der Waals surface area contributed by atoms with Gasteiger partial charge in [0.1, 0.15) is 16.2 Å². The SMILES string of the molecule is NS(=O)(=O)c1c(C2CCN(CCc3coc4ccccc34)CC2)oc2c(Cl)nccc12. The molecule has 0 radical (unpaired) electrons. The molecule has 1 aromatic carbocycles. The maximum Gasteiger partial charge on any atom is 0.242 e. The van der Waals surface area contributed by atoms with Crippen molar-refractivity contribution < 1.29 is 17.3 Å². The summed E-state index contributed by atoms with van der Waals surface area (Å²) in [5, 5.41) is 7.22. The lowest BCUT2D eigenvalue weighted by Crippen LogP contribution is -2.34. The van der Waals surface area contributed by atoms with Gasteiger partial charge >= 0.3 is 0 Å². The largest absolute Gasteiger partial charge is 0.464 e. The molecule has 0 saturated carbocycles. The Hall–Kier alpha value is -2.39. The van der Waals surface area contributed by atoms with Gasteiger partial charge in [0.15, 0.2) is 10.7 Å². The molecule has 1 aliphatic heterocycles. The molecule has 1 saturated heterocycles. The minimum Gasteiger partial charge on any atom is -0.464 e. The van der Waals surface area contributed by atoms with Crippen LogP contribution in [0.5, 0.6) is 0 Å². The molecule has 0 spiro atoms. The van der Waals surface area contributed by atoms with Gasteiger partial charge in [-0.2, -0.15) is 0 Å². The molecule has 0 unspecified atom stereocenters. The number of nitrogens with zero attached hydrogens (tertiary/aromatic N) is 2. The topological polar surface area (TPSA) is 103 Å². The van der Waals surface area contributed by atoms with Crippen LogP contribution >= 0.6 is 11.6 Å². The monoisotopic (exact) mass is 459 g/mol. The number of fused-ring (bicyclic) bond motifs is 2. The number of hydrogen-bond acceptors (Lipinski definition) is 6. The lowest BCUT2D eigenvalue weighted by Gasteiger charge is -2.31. The third-order valence-electron chi connectivity index (χ3n) is 6.04. The Bertz CT molecular complexity index is 1350. The molecular weight excluding hydrogens is 438 g/mol. The minimum atomic E-state index is -3.96. The van der Waals surface area contributed by atoms with Crippen LogP contribution in [0.25, 0.3) is 21.9 Å². The first-order valence-electron chi connectivity index (χ1n) is 10.2. The fourth-order valence-electron chi connectivity index (χ4n) is 4.47. The van der Waals surface area contributed by atoms with E-state index in [9.17, 15) is 8.42 Å². The number of halogens is 1. The average Bonchev–Trinajstić information content (AvgIpc) is 3.35. The van der Waals surface area contributed by atoms with E-state index in [1.807, 2.05) is 24.5 Å². The summed E-state index contributed by atoms with van der Waals surface area (Å²) in [5.41, 5.74) is 2.39. The number of pyridine rings is 1. The van der Waals surface area contributed by atoms with Gasteiger partial charge in [0, 0.05) is 29.4 Å². The lowest BCUT2D eigenvalue weighted by molar-refractivity contribution is 0.204. The van der Waals surface area contributed by atoms with E-state index < -0.39 is 10.0 Å². The van der Waals surface area contributed by atoms with Crippen LogP contribution in [0.4, 0.5) is 0 Å². The number of para-hydroxylation sites is 1. The van der Waals surface area contributed by atoms with E-state index in [1.165, 1.54) is 11.8 Å². The van der Waals surface area contributed by atoms with Crippen LogP contribution in [0.1, 0.15) is 30.1 Å². The summed E-state index contributed by atoms with van der Waals surface area (Å²) in [5.74, 6) is 0.357. The summed E-state index contributed by atoms with van der Waals surface area (Å²) in [4.78, 5) is 6.41. The zero-order valence-corrected chi connectivity index (χ0v) is 18.3. The van der Waals surface area contributed by atoms with Crippen LogP contribution in [-0.4, -0.2) is 37.9 Å². The highest BCUT2D eigenvalue weighted by Gasteiger charge is 2.32. The molecule has 5 rings (SSSR count).